The molecule has 0 N–H and O–H groups in total. The first-order chi connectivity index (χ1) is 17.4. The van der Waals surface area contributed by atoms with Gasteiger partial charge in [-0.3, -0.25) is 0 Å². The molecule has 2 aliphatic heterocycles. The van der Waals surface area contributed by atoms with E-state index in [4.69, 9.17) is 42.6 Å². The molecule has 2 saturated carbocycles. The zero-order chi connectivity index (χ0) is 24.0. The molecule has 4 rings (SSSR count). The predicted molar refractivity (Wildman–Crippen MR) is 128 cm³/mol. The normalized spacial score (nSPS) is 38.4. The van der Waals surface area contributed by atoms with E-state index in [1.807, 2.05) is 0 Å². The maximum atomic E-state index is 6.39. The van der Waals surface area contributed by atoms with E-state index >= 15 is 0 Å². The zero-order valence-electron chi connectivity index (χ0n) is 21.3. The Kier molecular flexibility index (Phi) is 13.0. The Morgan fingerprint density at radius 3 is 0.914 bits per heavy atom. The van der Waals surface area contributed by atoms with Gasteiger partial charge in [-0.1, -0.05) is 25.7 Å². The first-order valence-electron chi connectivity index (χ1n) is 13.8. The molecular formula is C26H46O9. The van der Waals surface area contributed by atoms with Crippen LogP contribution in [0.2, 0.25) is 0 Å². The number of fused-ring (bicyclic) bond motifs is 5. The van der Waals surface area contributed by atoms with Crippen LogP contribution >= 0.6 is 0 Å². The highest BCUT2D eigenvalue weighted by molar-refractivity contribution is 4.81. The van der Waals surface area contributed by atoms with Crippen LogP contribution in [0.3, 0.4) is 0 Å². The molecule has 0 spiro atoms. The highest BCUT2D eigenvalue weighted by atomic mass is 16.6. The Morgan fingerprint density at radius 1 is 0.314 bits per heavy atom. The van der Waals surface area contributed by atoms with E-state index in [-0.39, 0.29) is 36.6 Å². The van der Waals surface area contributed by atoms with Gasteiger partial charge in [-0.2, -0.15) is 0 Å². The molecule has 204 valence electrons. The van der Waals surface area contributed by atoms with E-state index in [2.05, 4.69) is 0 Å². The predicted octanol–water partition coefficient (Wildman–Crippen LogP) is 2.52. The molecule has 2 saturated heterocycles. The lowest BCUT2D eigenvalue weighted by Gasteiger charge is -2.36. The van der Waals surface area contributed by atoms with Crippen molar-refractivity contribution in [3.63, 3.8) is 0 Å². The number of hydrogen-bond donors (Lipinski definition) is 0. The summed E-state index contributed by atoms with van der Waals surface area (Å²) < 4.78 is 54.8. The molecule has 2 bridgehead atoms. The van der Waals surface area contributed by atoms with Crippen molar-refractivity contribution in [2.24, 2.45) is 0 Å². The van der Waals surface area contributed by atoms with Crippen molar-refractivity contribution in [1.82, 2.24) is 0 Å². The summed E-state index contributed by atoms with van der Waals surface area (Å²) in [6, 6.07) is 0. The van der Waals surface area contributed by atoms with Crippen molar-refractivity contribution < 1.29 is 42.6 Å². The molecule has 9 heteroatoms. The van der Waals surface area contributed by atoms with Crippen molar-refractivity contribution in [3.8, 4) is 0 Å². The van der Waals surface area contributed by atoms with Crippen molar-refractivity contribution in [2.45, 2.75) is 88.0 Å². The molecule has 0 radical (unpaired) electrons. The molecule has 0 aromatic rings. The third kappa shape index (κ3) is 10.1. The van der Waals surface area contributed by atoms with E-state index in [0.717, 1.165) is 51.4 Å². The van der Waals surface area contributed by atoms with Gasteiger partial charge in [0.1, 0.15) is 12.2 Å². The van der Waals surface area contributed by atoms with Crippen molar-refractivity contribution in [3.05, 3.63) is 0 Å². The van der Waals surface area contributed by atoms with Gasteiger partial charge in [0, 0.05) is 0 Å². The summed E-state index contributed by atoms with van der Waals surface area (Å²) in [5.74, 6) is 0. The van der Waals surface area contributed by atoms with Crippen LogP contribution in [0.4, 0.5) is 0 Å². The molecule has 0 aromatic heterocycles. The van der Waals surface area contributed by atoms with Crippen LogP contribution in [0.1, 0.15) is 51.4 Å². The van der Waals surface area contributed by atoms with Crippen molar-refractivity contribution in [2.75, 3.05) is 79.3 Å². The molecule has 4 fully saturated rings. The van der Waals surface area contributed by atoms with Gasteiger partial charge in [0.15, 0.2) is 0 Å². The lowest BCUT2D eigenvalue weighted by atomic mass is 9.94. The van der Waals surface area contributed by atoms with Crippen molar-refractivity contribution >= 4 is 0 Å². The van der Waals surface area contributed by atoms with E-state index < -0.39 is 0 Å². The second-order valence-corrected chi connectivity index (χ2v) is 9.88. The molecule has 0 aromatic carbocycles. The minimum absolute atomic E-state index is 0.0626. The average Bonchev–Trinajstić information content (AvgIpc) is 2.89. The summed E-state index contributed by atoms with van der Waals surface area (Å²) >= 11 is 0. The lowest BCUT2D eigenvalue weighted by molar-refractivity contribution is -0.178. The average molecular weight is 503 g/mol. The summed E-state index contributed by atoms with van der Waals surface area (Å²) in [7, 11) is 0. The van der Waals surface area contributed by atoms with E-state index in [1.165, 1.54) is 0 Å². The third-order valence-electron chi connectivity index (χ3n) is 7.18. The molecule has 4 aliphatic rings. The van der Waals surface area contributed by atoms with Gasteiger partial charge in [0.05, 0.1) is 104 Å². The fourth-order valence-corrected chi connectivity index (χ4v) is 5.19. The molecule has 4 atom stereocenters. The first-order valence-corrected chi connectivity index (χ1v) is 13.8. The van der Waals surface area contributed by atoms with Crippen LogP contribution < -0.4 is 0 Å². The maximum Gasteiger partial charge on any atom is 0.104 e. The fourth-order valence-electron chi connectivity index (χ4n) is 5.19. The molecule has 0 amide bonds. The van der Waals surface area contributed by atoms with Crippen LogP contribution in [0.25, 0.3) is 0 Å². The lowest BCUT2D eigenvalue weighted by Crippen LogP contribution is -2.43. The van der Waals surface area contributed by atoms with Gasteiger partial charge in [0.2, 0.25) is 0 Å². The minimum atomic E-state index is -0.148. The SMILES string of the molecule is C1CCC2OCC3COC4CCCCC4OCC(COC2C1)OCCOCCOCCOCCO3. The van der Waals surface area contributed by atoms with E-state index in [9.17, 15) is 0 Å². The standard InChI is InChI=1S/C26H46O9/c1-2-6-24-23(5-1)32-17-21-19-34-25-7-3-4-8-26(25)35-20-22(18-33-24)31-16-14-29-12-10-27-9-11-28-13-15-30-21/h21-26H,1-20H2. The molecule has 2 heterocycles. The Balaban J connectivity index is 1.44. The third-order valence-corrected chi connectivity index (χ3v) is 7.18. The van der Waals surface area contributed by atoms with Crippen LogP contribution in [0.15, 0.2) is 0 Å². The summed E-state index contributed by atoms with van der Waals surface area (Å²) in [5.41, 5.74) is 0. The molecule has 2 aliphatic carbocycles. The number of rotatable bonds is 0. The molecular weight excluding hydrogens is 456 g/mol. The summed E-state index contributed by atoms with van der Waals surface area (Å²) in [4.78, 5) is 0. The summed E-state index contributed by atoms with van der Waals surface area (Å²) in [6.07, 6.45) is 8.60. The topological polar surface area (TPSA) is 83.1 Å². The van der Waals surface area contributed by atoms with Crippen LogP contribution in [0, 0.1) is 0 Å². The Bertz CT molecular complexity index is 473. The van der Waals surface area contributed by atoms with Gasteiger partial charge in [0.25, 0.3) is 0 Å². The van der Waals surface area contributed by atoms with E-state index in [1.54, 1.807) is 0 Å². The molecule has 4 unspecified atom stereocenters. The highest BCUT2D eigenvalue weighted by Crippen LogP contribution is 2.27. The number of hydrogen-bond acceptors (Lipinski definition) is 9. The zero-order valence-corrected chi connectivity index (χ0v) is 21.3. The van der Waals surface area contributed by atoms with Gasteiger partial charge in [-0.25, -0.2) is 0 Å². The van der Waals surface area contributed by atoms with E-state index in [0.29, 0.717) is 79.3 Å². The fraction of sp³-hybridized carbons (Fsp3) is 1.00. The van der Waals surface area contributed by atoms with Gasteiger partial charge in [-0.15, -0.1) is 0 Å². The van der Waals surface area contributed by atoms with Crippen molar-refractivity contribution in [1.29, 1.82) is 0 Å². The Hall–Kier alpha value is -0.360. The quantitative estimate of drug-likeness (QED) is 0.496. The monoisotopic (exact) mass is 502 g/mol. The smallest absolute Gasteiger partial charge is 0.104 e. The maximum absolute atomic E-state index is 6.39. The van der Waals surface area contributed by atoms with Gasteiger partial charge < -0.3 is 42.6 Å². The largest absolute Gasteiger partial charge is 0.377 e. The van der Waals surface area contributed by atoms with Crippen LogP contribution in [0.5, 0.6) is 0 Å². The highest BCUT2D eigenvalue weighted by Gasteiger charge is 2.32. The van der Waals surface area contributed by atoms with Crippen LogP contribution in [-0.4, -0.2) is 116 Å². The van der Waals surface area contributed by atoms with Gasteiger partial charge in [-0.05, 0) is 25.7 Å². The Morgan fingerprint density at radius 2 is 0.600 bits per heavy atom. The minimum Gasteiger partial charge on any atom is -0.377 e. The molecule has 9 nitrogen and oxygen atoms in total. The summed E-state index contributed by atoms with van der Waals surface area (Å²) in [6.45, 7) is 6.12. The number of ether oxygens (including phenoxy) is 9. The summed E-state index contributed by atoms with van der Waals surface area (Å²) in [5, 5.41) is 0. The Labute approximate surface area is 210 Å². The second kappa shape index (κ2) is 16.5. The van der Waals surface area contributed by atoms with Crippen LogP contribution in [-0.2, 0) is 42.6 Å². The van der Waals surface area contributed by atoms with Gasteiger partial charge >= 0.3 is 0 Å². The first kappa shape index (κ1) is 27.7. The molecule has 35 heavy (non-hydrogen) atoms. The second-order valence-electron chi connectivity index (χ2n) is 9.88.